The van der Waals surface area contributed by atoms with E-state index in [-0.39, 0.29) is 36.1 Å². The van der Waals surface area contributed by atoms with Gasteiger partial charge in [0, 0.05) is 12.5 Å². The van der Waals surface area contributed by atoms with Crippen molar-refractivity contribution in [1.29, 1.82) is 0 Å². The van der Waals surface area contributed by atoms with E-state index in [1.807, 2.05) is 6.92 Å². The van der Waals surface area contributed by atoms with Crippen LogP contribution in [-0.4, -0.2) is 52.9 Å². The van der Waals surface area contributed by atoms with Crippen LogP contribution in [0.5, 0.6) is 0 Å². The fraction of sp³-hybridized carbons (Fsp3) is 0.778. The standard InChI is InChI=1S/C18H29N3O6/c1-17(2)7-12(8-18(3,9-17)10-19-11-22)20-16(27)21-13(15(25)26)5-4-6-14(23)24/h12-13H,4-10H2,1-3H3,(H,23,24)(H,25,26)(H2,20,21,27). The van der Waals surface area contributed by atoms with Gasteiger partial charge in [-0.2, -0.15) is 0 Å². The highest BCUT2D eigenvalue weighted by atomic mass is 16.4. The molecular formula is C18H29N3O6. The van der Waals surface area contributed by atoms with Crippen molar-refractivity contribution in [2.24, 2.45) is 15.8 Å². The summed E-state index contributed by atoms with van der Waals surface area (Å²) in [6.45, 7) is 6.49. The molecule has 0 aliphatic heterocycles. The topological polar surface area (TPSA) is 145 Å². The van der Waals surface area contributed by atoms with E-state index in [2.05, 4.69) is 29.5 Å². The van der Waals surface area contributed by atoms with Crippen LogP contribution in [0.3, 0.4) is 0 Å². The minimum Gasteiger partial charge on any atom is -0.481 e. The van der Waals surface area contributed by atoms with Crippen LogP contribution in [0.15, 0.2) is 4.99 Å². The number of carbonyl (C=O) groups excluding carboxylic acids is 2. The van der Waals surface area contributed by atoms with Crippen molar-refractivity contribution < 1.29 is 29.4 Å². The van der Waals surface area contributed by atoms with E-state index in [9.17, 15) is 24.3 Å². The molecule has 0 radical (unpaired) electrons. The molecule has 2 amide bonds. The number of urea groups is 1. The van der Waals surface area contributed by atoms with Crippen LogP contribution in [0, 0.1) is 10.8 Å². The van der Waals surface area contributed by atoms with Gasteiger partial charge in [-0.3, -0.25) is 4.79 Å². The number of amides is 2. The molecule has 1 aliphatic rings. The average molecular weight is 383 g/mol. The number of aliphatic imine (C=N–C) groups is 1. The summed E-state index contributed by atoms with van der Waals surface area (Å²) in [6, 6.07) is -1.93. The van der Waals surface area contributed by atoms with Crippen molar-refractivity contribution in [3.8, 4) is 0 Å². The van der Waals surface area contributed by atoms with E-state index < -0.39 is 24.0 Å². The zero-order chi connectivity index (χ0) is 20.7. The fourth-order valence-corrected chi connectivity index (χ4v) is 4.18. The predicted octanol–water partition coefficient (Wildman–Crippen LogP) is 1.91. The first kappa shape index (κ1) is 22.6. The maximum atomic E-state index is 12.3. The van der Waals surface area contributed by atoms with E-state index in [1.54, 1.807) is 6.08 Å². The van der Waals surface area contributed by atoms with E-state index in [0.717, 1.165) is 12.8 Å². The Morgan fingerprint density at radius 2 is 1.89 bits per heavy atom. The lowest BCUT2D eigenvalue weighted by atomic mass is 9.62. The maximum absolute atomic E-state index is 12.3. The number of carboxylic acids is 2. The summed E-state index contributed by atoms with van der Waals surface area (Å²) in [4.78, 5) is 48.3. The molecule has 0 heterocycles. The number of carboxylic acid groups (broad SMARTS) is 2. The molecule has 0 bridgehead atoms. The van der Waals surface area contributed by atoms with Crippen LogP contribution in [0.25, 0.3) is 0 Å². The number of hydrogen-bond acceptors (Lipinski definition) is 5. The van der Waals surface area contributed by atoms with Crippen molar-refractivity contribution in [1.82, 2.24) is 10.6 Å². The highest BCUT2D eigenvalue weighted by Gasteiger charge is 2.41. The number of rotatable bonds is 9. The highest BCUT2D eigenvalue weighted by Crippen LogP contribution is 2.46. The van der Waals surface area contributed by atoms with Crippen LogP contribution in [0.1, 0.15) is 59.3 Å². The quantitative estimate of drug-likeness (QED) is 0.353. The summed E-state index contributed by atoms with van der Waals surface area (Å²) in [5.41, 5.74) is -0.332. The van der Waals surface area contributed by atoms with Gasteiger partial charge in [-0.1, -0.05) is 20.8 Å². The van der Waals surface area contributed by atoms with E-state index >= 15 is 0 Å². The molecule has 0 aromatic carbocycles. The minimum absolute atomic E-state index is 0.0387. The number of aliphatic carboxylic acids is 2. The van der Waals surface area contributed by atoms with Crippen LogP contribution >= 0.6 is 0 Å². The second kappa shape index (κ2) is 9.50. The molecule has 9 nitrogen and oxygen atoms in total. The summed E-state index contributed by atoms with van der Waals surface area (Å²) in [6.07, 6.45) is 3.78. The van der Waals surface area contributed by atoms with Crippen molar-refractivity contribution >= 4 is 24.0 Å². The number of nitrogens with one attached hydrogen (secondary N) is 2. The fourth-order valence-electron chi connectivity index (χ4n) is 4.18. The van der Waals surface area contributed by atoms with Gasteiger partial charge < -0.3 is 20.8 Å². The largest absolute Gasteiger partial charge is 0.481 e. The third-order valence-electron chi connectivity index (χ3n) is 4.79. The van der Waals surface area contributed by atoms with E-state index in [1.165, 1.54) is 0 Å². The summed E-state index contributed by atoms with van der Waals surface area (Å²) < 4.78 is 0. The van der Waals surface area contributed by atoms with Gasteiger partial charge in [0.15, 0.2) is 0 Å². The lowest BCUT2D eigenvalue weighted by Gasteiger charge is -2.46. The van der Waals surface area contributed by atoms with Gasteiger partial charge in [-0.15, -0.1) is 0 Å². The molecule has 0 aromatic heterocycles. The molecule has 152 valence electrons. The monoisotopic (exact) mass is 383 g/mol. The van der Waals surface area contributed by atoms with E-state index in [4.69, 9.17) is 5.11 Å². The lowest BCUT2D eigenvalue weighted by Crippen LogP contribution is -2.53. The zero-order valence-corrected chi connectivity index (χ0v) is 16.1. The van der Waals surface area contributed by atoms with Gasteiger partial charge in [0.25, 0.3) is 0 Å². The maximum Gasteiger partial charge on any atom is 0.326 e. The number of isocyanates is 1. The Morgan fingerprint density at radius 3 is 2.44 bits per heavy atom. The van der Waals surface area contributed by atoms with Crippen LogP contribution < -0.4 is 10.6 Å². The Bertz CT molecular complexity index is 614. The first-order valence-electron chi connectivity index (χ1n) is 9.02. The second-order valence-electron chi connectivity index (χ2n) is 8.46. The molecule has 0 aromatic rings. The third kappa shape index (κ3) is 8.21. The van der Waals surface area contributed by atoms with Gasteiger partial charge >= 0.3 is 18.0 Å². The average Bonchev–Trinajstić information content (AvgIpc) is 2.49. The first-order valence-corrected chi connectivity index (χ1v) is 9.02. The molecule has 1 rings (SSSR count). The Balaban J connectivity index is 2.68. The summed E-state index contributed by atoms with van der Waals surface area (Å²) >= 11 is 0. The van der Waals surface area contributed by atoms with Crippen molar-refractivity contribution in [2.45, 2.75) is 71.4 Å². The predicted molar refractivity (Wildman–Crippen MR) is 97.1 cm³/mol. The first-order chi connectivity index (χ1) is 12.5. The summed E-state index contributed by atoms with van der Waals surface area (Å²) in [7, 11) is 0. The van der Waals surface area contributed by atoms with Crippen molar-refractivity contribution in [3.63, 3.8) is 0 Å². The number of nitrogens with zero attached hydrogens (tertiary/aromatic N) is 1. The van der Waals surface area contributed by atoms with Crippen LogP contribution in [-0.2, 0) is 14.4 Å². The van der Waals surface area contributed by atoms with Crippen LogP contribution in [0.4, 0.5) is 4.79 Å². The Morgan fingerprint density at radius 1 is 1.22 bits per heavy atom. The molecule has 3 atom stereocenters. The summed E-state index contributed by atoms with van der Waals surface area (Å²) in [5, 5.41) is 23.1. The molecule has 0 spiro atoms. The molecule has 9 heteroatoms. The van der Waals surface area contributed by atoms with Gasteiger partial charge in [0.2, 0.25) is 6.08 Å². The Kier molecular flexibility index (Phi) is 7.97. The molecule has 27 heavy (non-hydrogen) atoms. The minimum atomic E-state index is -1.20. The SMILES string of the molecule is CC1(C)CC(NC(=O)NC(CCCC(=O)O)C(=O)O)CC(C)(CN=C=O)C1. The molecule has 4 N–H and O–H groups in total. The van der Waals surface area contributed by atoms with E-state index in [0.29, 0.717) is 13.0 Å². The summed E-state index contributed by atoms with van der Waals surface area (Å²) in [5.74, 6) is -2.21. The number of carbonyl (C=O) groups is 3. The van der Waals surface area contributed by atoms with Gasteiger partial charge in [-0.05, 0) is 42.9 Å². The van der Waals surface area contributed by atoms with Crippen LogP contribution in [0.2, 0.25) is 0 Å². The van der Waals surface area contributed by atoms with Crippen molar-refractivity contribution in [2.75, 3.05) is 6.54 Å². The van der Waals surface area contributed by atoms with Crippen molar-refractivity contribution in [3.05, 3.63) is 0 Å². The molecular weight excluding hydrogens is 354 g/mol. The normalized spacial score (nSPS) is 24.9. The number of hydrogen-bond donors (Lipinski definition) is 4. The van der Waals surface area contributed by atoms with Gasteiger partial charge in [0.05, 0.1) is 6.54 Å². The molecule has 3 unspecified atom stereocenters. The third-order valence-corrected chi connectivity index (χ3v) is 4.79. The highest BCUT2D eigenvalue weighted by molar-refractivity contribution is 5.82. The van der Waals surface area contributed by atoms with Gasteiger partial charge in [0.1, 0.15) is 6.04 Å². The molecule has 0 saturated heterocycles. The Hall–Kier alpha value is -2.41. The molecule has 1 saturated carbocycles. The smallest absolute Gasteiger partial charge is 0.326 e. The second-order valence-corrected chi connectivity index (χ2v) is 8.46. The Labute approximate surface area is 158 Å². The molecule has 1 aliphatic carbocycles. The lowest BCUT2D eigenvalue weighted by molar-refractivity contribution is -0.140. The zero-order valence-electron chi connectivity index (χ0n) is 16.1. The molecule has 1 fully saturated rings. The van der Waals surface area contributed by atoms with Gasteiger partial charge in [-0.25, -0.2) is 19.4 Å².